The lowest BCUT2D eigenvalue weighted by molar-refractivity contribution is 0.101. The zero-order valence-electron chi connectivity index (χ0n) is 8.53. The fourth-order valence-corrected chi connectivity index (χ4v) is 1.31. The van der Waals surface area contributed by atoms with Gasteiger partial charge in [0.2, 0.25) is 0 Å². The first-order valence-corrected chi connectivity index (χ1v) is 4.74. The number of ether oxygens (including phenoxy) is 1. The second-order valence-electron chi connectivity index (χ2n) is 3.48. The highest BCUT2D eigenvalue weighted by molar-refractivity contribution is 5.94. The third kappa shape index (κ3) is 2.94. The van der Waals surface area contributed by atoms with Crippen LogP contribution in [0.15, 0.2) is 24.3 Å². The van der Waals surface area contributed by atoms with Crippen LogP contribution in [-0.2, 0) is 0 Å². The predicted molar refractivity (Wildman–Crippen MR) is 61.0 cm³/mol. The average Bonchev–Trinajstić information content (AvgIpc) is 2.12. The second kappa shape index (κ2) is 5.14. The van der Waals surface area contributed by atoms with Gasteiger partial charge in [-0.15, -0.1) is 12.4 Å². The summed E-state index contributed by atoms with van der Waals surface area (Å²) in [5.74, 6) is 0.920. The molecule has 4 heteroatoms. The van der Waals surface area contributed by atoms with Gasteiger partial charge in [-0.05, 0) is 31.2 Å². The number of nitrogens with one attached hydrogen (secondary N) is 1. The molecule has 2 rings (SSSR count). The average molecular weight is 228 g/mol. The zero-order chi connectivity index (χ0) is 9.97. The Kier molecular flexibility index (Phi) is 4.12. The molecule has 1 N–H and O–H groups in total. The molecule has 0 spiro atoms. The monoisotopic (exact) mass is 227 g/mol. The summed E-state index contributed by atoms with van der Waals surface area (Å²) in [6, 6.07) is 7.28. The van der Waals surface area contributed by atoms with Crippen LogP contribution in [0.25, 0.3) is 0 Å². The molecule has 0 aromatic heterocycles. The Labute approximate surface area is 95.2 Å². The van der Waals surface area contributed by atoms with Crippen LogP contribution in [-0.4, -0.2) is 25.0 Å². The van der Waals surface area contributed by atoms with E-state index in [-0.39, 0.29) is 24.3 Å². The first-order valence-electron chi connectivity index (χ1n) is 4.74. The van der Waals surface area contributed by atoms with E-state index >= 15 is 0 Å². The maximum absolute atomic E-state index is 11.0. The molecule has 0 radical (unpaired) electrons. The summed E-state index contributed by atoms with van der Waals surface area (Å²) < 4.78 is 5.61. The molecule has 1 aliphatic heterocycles. The standard InChI is InChI=1S/C11H13NO2.ClH/c1-8(13)9-2-4-10(5-3-9)14-11-6-12-7-11;/h2-5,11-12H,6-7H2,1H3;1H. The number of rotatable bonds is 3. The van der Waals surface area contributed by atoms with E-state index in [0.717, 1.165) is 24.4 Å². The van der Waals surface area contributed by atoms with Gasteiger partial charge in [-0.25, -0.2) is 0 Å². The lowest BCUT2D eigenvalue weighted by Crippen LogP contribution is -2.50. The Morgan fingerprint density at radius 1 is 1.33 bits per heavy atom. The first kappa shape index (κ1) is 12.0. The Hall–Kier alpha value is -1.06. The van der Waals surface area contributed by atoms with E-state index < -0.39 is 0 Å². The summed E-state index contributed by atoms with van der Waals surface area (Å²) in [5, 5.41) is 3.13. The minimum absolute atomic E-state index is 0. The smallest absolute Gasteiger partial charge is 0.159 e. The summed E-state index contributed by atoms with van der Waals surface area (Å²) in [6.07, 6.45) is 0.290. The van der Waals surface area contributed by atoms with E-state index in [4.69, 9.17) is 4.74 Å². The van der Waals surface area contributed by atoms with Crippen molar-refractivity contribution in [3.63, 3.8) is 0 Å². The minimum atomic E-state index is 0. The van der Waals surface area contributed by atoms with E-state index in [2.05, 4.69) is 5.32 Å². The highest BCUT2D eigenvalue weighted by Crippen LogP contribution is 2.15. The number of halogens is 1. The molecule has 82 valence electrons. The summed E-state index contributed by atoms with van der Waals surface area (Å²) in [6.45, 7) is 3.38. The van der Waals surface area contributed by atoms with Crippen LogP contribution in [0.1, 0.15) is 17.3 Å². The number of carbonyl (C=O) groups is 1. The van der Waals surface area contributed by atoms with Crippen LogP contribution in [0.3, 0.4) is 0 Å². The molecule has 0 bridgehead atoms. The van der Waals surface area contributed by atoms with Crippen LogP contribution < -0.4 is 10.1 Å². The molecule has 0 amide bonds. The molecule has 0 saturated carbocycles. The number of hydrogen-bond acceptors (Lipinski definition) is 3. The number of Topliss-reactive ketones (excluding diaryl/α,β-unsaturated/α-hetero) is 1. The summed E-state index contributed by atoms with van der Waals surface area (Å²) in [7, 11) is 0. The molecule has 1 aromatic carbocycles. The minimum Gasteiger partial charge on any atom is -0.488 e. The van der Waals surface area contributed by atoms with E-state index in [1.54, 1.807) is 19.1 Å². The number of hydrogen-bond donors (Lipinski definition) is 1. The molecule has 15 heavy (non-hydrogen) atoms. The van der Waals surface area contributed by atoms with E-state index in [1.165, 1.54) is 0 Å². The Morgan fingerprint density at radius 2 is 1.93 bits per heavy atom. The maximum atomic E-state index is 11.0. The lowest BCUT2D eigenvalue weighted by atomic mass is 10.1. The van der Waals surface area contributed by atoms with Crippen molar-refractivity contribution in [2.75, 3.05) is 13.1 Å². The molecule has 1 heterocycles. The van der Waals surface area contributed by atoms with E-state index in [0.29, 0.717) is 0 Å². The van der Waals surface area contributed by atoms with Gasteiger partial charge in [-0.2, -0.15) is 0 Å². The first-order chi connectivity index (χ1) is 6.75. The van der Waals surface area contributed by atoms with Gasteiger partial charge in [-0.3, -0.25) is 4.79 Å². The Morgan fingerprint density at radius 3 is 2.33 bits per heavy atom. The van der Waals surface area contributed by atoms with Gasteiger partial charge in [0.1, 0.15) is 11.9 Å². The van der Waals surface area contributed by atoms with Gasteiger partial charge in [0.15, 0.2) is 5.78 Å². The van der Waals surface area contributed by atoms with Crippen molar-refractivity contribution in [1.82, 2.24) is 5.32 Å². The van der Waals surface area contributed by atoms with Crippen LogP contribution in [0.5, 0.6) is 5.75 Å². The molecular weight excluding hydrogens is 214 g/mol. The normalized spacial score (nSPS) is 15.0. The number of carbonyl (C=O) groups excluding carboxylic acids is 1. The fourth-order valence-electron chi connectivity index (χ4n) is 1.31. The molecule has 1 saturated heterocycles. The van der Waals surface area contributed by atoms with Gasteiger partial charge < -0.3 is 10.1 Å². The highest BCUT2D eigenvalue weighted by Gasteiger charge is 2.17. The van der Waals surface area contributed by atoms with E-state index in [9.17, 15) is 4.79 Å². The molecule has 1 fully saturated rings. The van der Waals surface area contributed by atoms with Gasteiger partial charge in [0.05, 0.1) is 0 Å². The van der Waals surface area contributed by atoms with Crippen LogP contribution in [0.4, 0.5) is 0 Å². The van der Waals surface area contributed by atoms with Crippen molar-refractivity contribution in [1.29, 1.82) is 0 Å². The molecule has 1 aliphatic rings. The van der Waals surface area contributed by atoms with Crippen LogP contribution in [0, 0.1) is 0 Å². The predicted octanol–water partition coefficient (Wildman–Crippen LogP) is 1.66. The fraction of sp³-hybridized carbons (Fsp3) is 0.364. The Balaban J connectivity index is 0.00000112. The quantitative estimate of drug-likeness (QED) is 0.799. The number of benzene rings is 1. The molecule has 1 aromatic rings. The van der Waals surface area contributed by atoms with E-state index in [1.807, 2.05) is 12.1 Å². The topological polar surface area (TPSA) is 38.3 Å². The Bertz CT molecular complexity index is 333. The second-order valence-corrected chi connectivity index (χ2v) is 3.48. The SMILES string of the molecule is CC(=O)c1ccc(OC2CNC2)cc1.Cl. The van der Waals surface area contributed by atoms with Gasteiger partial charge in [0.25, 0.3) is 0 Å². The third-order valence-corrected chi connectivity index (χ3v) is 2.31. The summed E-state index contributed by atoms with van der Waals surface area (Å²) in [5.41, 5.74) is 0.726. The summed E-state index contributed by atoms with van der Waals surface area (Å²) in [4.78, 5) is 11.0. The van der Waals surface area contributed by atoms with Gasteiger partial charge >= 0.3 is 0 Å². The van der Waals surface area contributed by atoms with Crippen molar-refractivity contribution in [3.05, 3.63) is 29.8 Å². The van der Waals surface area contributed by atoms with Crippen molar-refractivity contribution >= 4 is 18.2 Å². The van der Waals surface area contributed by atoms with Gasteiger partial charge in [-0.1, -0.05) is 0 Å². The van der Waals surface area contributed by atoms with Crippen LogP contribution in [0.2, 0.25) is 0 Å². The van der Waals surface area contributed by atoms with Gasteiger partial charge in [0, 0.05) is 18.7 Å². The lowest BCUT2D eigenvalue weighted by Gasteiger charge is -2.27. The van der Waals surface area contributed by atoms with Crippen LogP contribution >= 0.6 is 12.4 Å². The summed E-state index contributed by atoms with van der Waals surface area (Å²) >= 11 is 0. The van der Waals surface area contributed by atoms with Crippen molar-refractivity contribution in [2.45, 2.75) is 13.0 Å². The van der Waals surface area contributed by atoms with Crippen molar-refractivity contribution < 1.29 is 9.53 Å². The molecule has 3 nitrogen and oxygen atoms in total. The molecule has 0 atom stereocenters. The highest BCUT2D eigenvalue weighted by atomic mass is 35.5. The zero-order valence-corrected chi connectivity index (χ0v) is 9.34. The largest absolute Gasteiger partial charge is 0.488 e. The number of ketones is 1. The molecular formula is C11H14ClNO2. The third-order valence-electron chi connectivity index (χ3n) is 2.31. The maximum Gasteiger partial charge on any atom is 0.159 e. The van der Waals surface area contributed by atoms with Crippen molar-refractivity contribution in [3.8, 4) is 5.75 Å². The molecule has 0 unspecified atom stereocenters. The van der Waals surface area contributed by atoms with Crippen molar-refractivity contribution in [2.24, 2.45) is 0 Å². The molecule has 0 aliphatic carbocycles.